The molecule has 0 aromatic heterocycles. The largest absolute Gasteiger partial charge is 0.479 e. The molecule has 100 valence electrons. The van der Waals surface area contributed by atoms with Gasteiger partial charge in [0.1, 0.15) is 5.82 Å². The zero-order valence-corrected chi connectivity index (χ0v) is 10.4. The molecule has 0 saturated carbocycles. The van der Waals surface area contributed by atoms with Crippen molar-refractivity contribution in [3.05, 3.63) is 29.0 Å². The van der Waals surface area contributed by atoms with E-state index in [0.29, 0.717) is 0 Å². The number of aliphatic carboxylic acids is 1. The number of rotatable bonds is 5. The van der Waals surface area contributed by atoms with Crippen LogP contribution in [0.5, 0.6) is 0 Å². The van der Waals surface area contributed by atoms with Gasteiger partial charge in [-0.3, -0.25) is 0 Å². The van der Waals surface area contributed by atoms with Crippen molar-refractivity contribution < 1.29 is 27.8 Å². The predicted molar refractivity (Wildman–Crippen MR) is 60.2 cm³/mol. The third-order valence-corrected chi connectivity index (χ3v) is 3.66. The van der Waals surface area contributed by atoms with E-state index < -0.39 is 34.5 Å². The van der Waals surface area contributed by atoms with Crippen molar-refractivity contribution in [3.8, 4) is 0 Å². The van der Waals surface area contributed by atoms with E-state index >= 15 is 0 Å². The molecule has 0 aliphatic carbocycles. The summed E-state index contributed by atoms with van der Waals surface area (Å²) in [5.74, 6) is -2.34. The van der Waals surface area contributed by atoms with Gasteiger partial charge in [-0.15, -0.1) is 0 Å². The lowest BCUT2D eigenvalue weighted by Crippen LogP contribution is -2.36. The summed E-state index contributed by atoms with van der Waals surface area (Å²) in [5.41, 5.74) is 0. The van der Waals surface area contributed by atoms with Gasteiger partial charge in [0.15, 0.2) is 6.10 Å². The number of nitrogens with one attached hydrogen (secondary N) is 1. The summed E-state index contributed by atoms with van der Waals surface area (Å²) in [6.45, 7) is -0.702. The molecule has 1 unspecified atom stereocenters. The van der Waals surface area contributed by atoms with E-state index in [4.69, 9.17) is 21.8 Å². The van der Waals surface area contributed by atoms with Crippen LogP contribution >= 0.6 is 11.6 Å². The van der Waals surface area contributed by atoms with E-state index in [-0.39, 0.29) is 9.92 Å². The molecular formula is C9H9ClFNO5S. The summed E-state index contributed by atoms with van der Waals surface area (Å²) in [4.78, 5) is 9.97. The van der Waals surface area contributed by atoms with Crippen molar-refractivity contribution in [3.63, 3.8) is 0 Å². The molecule has 0 bridgehead atoms. The van der Waals surface area contributed by atoms with Crippen molar-refractivity contribution >= 4 is 27.6 Å². The Labute approximate surface area is 107 Å². The molecule has 18 heavy (non-hydrogen) atoms. The van der Waals surface area contributed by atoms with E-state index in [0.717, 1.165) is 18.2 Å². The molecule has 0 aliphatic heterocycles. The quantitative estimate of drug-likeness (QED) is 0.720. The second-order valence-electron chi connectivity index (χ2n) is 3.28. The molecule has 9 heteroatoms. The Balaban J connectivity index is 2.87. The average molecular weight is 298 g/mol. The Bertz CT molecular complexity index is 562. The smallest absolute Gasteiger partial charge is 0.333 e. The maximum Gasteiger partial charge on any atom is 0.333 e. The van der Waals surface area contributed by atoms with Crippen LogP contribution in [0.4, 0.5) is 4.39 Å². The van der Waals surface area contributed by atoms with Crippen molar-refractivity contribution in [1.29, 1.82) is 0 Å². The van der Waals surface area contributed by atoms with Crippen molar-refractivity contribution in [2.45, 2.75) is 11.0 Å². The fourth-order valence-electron chi connectivity index (χ4n) is 1.00. The molecule has 0 fully saturated rings. The van der Waals surface area contributed by atoms with Crippen LogP contribution in [0, 0.1) is 5.82 Å². The molecule has 1 atom stereocenters. The number of hydrogen-bond acceptors (Lipinski definition) is 4. The van der Waals surface area contributed by atoms with Crippen molar-refractivity contribution in [2.24, 2.45) is 0 Å². The summed E-state index contributed by atoms with van der Waals surface area (Å²) in [5, 5.41) is 16.9. The number of halogens is 2. The van der Waals surface area contributed by atoms with Gasteiger partial charge in [-0.1, -0.05) is 11.6 Å². The average Bonchev–Trinajstić information content (AvgIpc) is 2.29. The summed E-state index contributed by atoms with van der Waals surface area (Å²) >= 11 is 5.42. The molecule has 0 heterocycles. The van der Waals surface area contributed by atoms with Gasteiger partial charge in [0.25, 0.3) is 0 Å². The molecule has 1 aromatic rings. The molecule has 3 N–H and O–H groups in total. The van der Waals surface area contributed by atoms with Crippen LogP contribution in [-0.4, -0.2) is 37.2 Å². The van der Waals surface area contributed by atoms with Gasteiger partial charge in [0.05, 0.1) is 9.92 Å². The van der Waals surface area contributed by atoms with Gasteiger partial charge in [-0.05, 0) is 18.2 Å². The Kier molecular flexibility index (Phi) is 4.63. The maximum atomic E-state index is 12.8. The standard InChI is InChI=1S/C9H9ClFNO5S/c10-6-3-5(1-2-7(6)11)18(16,17)12-4-8(13)9(14)15/h1-3,8,12-13H,4H2,(H,14,15). The number of benzene rings is 1. The second kappa shape index (κ2) is 5.61. The maximum absolute atomic E-state index is 12.8. The Morgan fingerprint density at radius 1 is 1.50 bits per heavy atom. The van der Waals surface area contributed by atoms with Gasteiger partial charge in [-0.25, -0.2) is 22.3 Å². The molecule has 6 nitrogen and oxygen atoms in total. The van der Waals surface area contributed by atoms with Crippen LogP contribution in [0.1, 0.15) is 0 Å². The minimum absolute atomic E-state index is 0.327. The highest BCUT2D eigenvalue weighted by atomic mass is 35.5. The Morgan fingerprint density at radius 3 is 2.61 bits per heavy atom. The van der Waals surface area contributed by atoms with E-state index in [1.54, 1.807) is 0 Å². The molecule has 0 aliphatic rings. The van der Waals surface area contributed by atoms with Gasteiger partial charge in [0.2, 0.25) is 10.0 Å². The molecule has 0 amide bonds. The Morgan fingerprint density at radius 2 is 2.11 bits per heavy atom. The highest BCUT2D eigenvalue weighted by Crippen LogP contribution is 2.19. The fraction of sp³-hybridized carbons (Fsp3) is 0.222. The van der Waals surface area contributed by atoms with Crippen LogP contribution in [0.2, 0.25) is 5.02 Å². The van der Waals surface area contributed by atoms with E-state index in [1.807, 2.05) is 4.72 Å². The molecule has 1 aromatic carbocycles. The summed E-state index contributed by atoms with van der Waals surface area (Å²) in [7, 11) is -4.05. The van der Waals surface area contributed by atoms with Crippen LogP contribution in [0.15, 0.2) is 23.1 Å². The number of carboxylic acid groups (broad SMARTS) is 1. The first kappa shape index (κ1) is 14.8. The SMILES string of the molecule is O=C(O)C(O)CNS(=O)(=O)c1ccc(F)c(Cl)c1. The third kappa shape index (κ3) is 3.64. The minimum atomic E-state index is -4.05. The lowest BCUT2D eigenvalue weighted by Gasteiger charge is -2.09. The number of aliphatic hydroxyl groups excluding tert-OH is 1. The number of hydrogen-bond donors (Lipinski definition) is 3. The number of sulfonamides is 1. The van der Waals surface area contributed by atoms with Crippen molar-refractivity contribution in [2.75, 3.05) is 6.54 Å². The topological polar surface area (TPSA) is 104 Å². The second-order valence-corrected chi connectivity index (χ2v) is 5.46. The first-order chi connectivity index (χ1) is 8.24. The van der Waals surface area contributed by atoms with Crippen molar-refractivity contribution in [1.82, 2.24) is 4.72 Å². The van der Waals surface area contributed by atoms with Gasteiger partial charge in [-0.2, -0.15) is 0 Å². The van der Waals surface area contributed by atoms with Crippen LogP contribution < -0.4 is 4.72 Å². The first-order valence-electron chi connectivity index (χ1n) is 4.59. The predicted octanol–water partition coefficient (Wildman–Crippen LogP) is 0.203. The molecule has 0 radical (unpaired) electrons. The zero-order chi connectivity index (χ0) is 13.9. The summed E-state index contributed by atoms with van der Waals surface area (Å²) in [6, 6.07) is 2.72. The highest BCUT2D eigenvalue weighted by Gasteiger charge is 2.20. The Hall–Kier alpha value is -1.22. The lowest BCUT2D eigenvalue weighted by atomic mass is 10.3. The van der Waals surface area contributed by atoms with Gasteiger partial charge in [0, 0.05) is 6.54 Å². The van der Waals surface area contributed by atoms with E-state index in [9.17, 15) is 17.6 Å². The van der Waals surface area contributed by atoms with E-state index in [1.165, 1.54) is 0 Å². The monoisotopic (exact) mass is 297 g/mol. The minimum Gasteiger partial charge on any atom is -0.479 e. The van der Waals surface area contributed by atoms with Crippen LogP contribution in [0.3, 0.4) is 0 Å². The first-order valence-corrected chi connectivity index (χ1v) is 6.46. The molecule has 0 saturated heterocycles. The molecule has 0 spiro atoms. The summed E-state index contributed by atoms with van der Waals surface area (Å²) < 4.78 is 38.0. The van der Waals surface area contributed by atoms with E-state index in [2.05, 4.69) is 0 Å². The third-order valence-electron chi connectivity index (χ3n) is 1.95. The molecular weight excluding hydrogens is 289 g/mol. The number of aliphatic hydroxyl groups is 1. The van der Waals surface area contributed by atoms with Gasteiger partial charge < -0.3 is 10.2 Å². The fourth-order valence-corrected chi connectivity index (χ4v) is 2.31. The van der Waals surface area contributed by atoms with Crippen LogP contribution in [-0.2, 0) is 14.8 Å². The molecule has 1 rings (SSSR count). The number of carboxylic acids is 1. The van der Waals surface area contributed by atoms with Crippen LogP contribution in [0.25, 0.3) is 0 Å². The normalized spacial score (nSPS) is 13.3. The lowest BCUT2D eigenvalue weighted by molar-refractivity contribution is -0.146. The summed E-state index contributed by atoms with van der Waals surface area (Å²) in [6.07, 6.45) is -1.87. The number of carbonyl (C=O) groups is 1. The van der Waals surface area contributed by atoms with Gasteiger partial charge >= 0.3 is 5.97 Å². The zero-order valence-electron chi connectivity index (χ0n) is 8.80. The highest BCUT2D eigenvalue weighted by molar-refractivity contribution is 7.89.